The third-order valence-corrected chi connectivity index (χ3v) is 11.2. The molecule has 2 amide bonds. The quantitative estimate of drug-likeness (QED) is 0.0893. The van der Waals surface area contributed by atoms with Crippen molar-refractivity contribution in [3.63, 3.8) is 0 Å². The minimum atomic E-state index is -4.27. The van der Waals surface area contributed by atoms with Crippen LogP contribution in [0.3, 0.4) is 0 Å². The van der Waals surface area contributed by atoms with Gasteiger partial charge >= 0.3 is 13.1 Å². The van der Waals surface area contributed by atoms with Crippen LogP contribution in [-0.4, -0.2) is 48.2 Å². The molecule has 6 aromatic rings. The van der Waals surface area contributed by atoms with Gasteiger partial charge in [0.15, 0.2) is 0 Å². The first-order valence-electron chi connectivity index (χ1n) is 16.6. The van der Waals surface area contributed by atoms with Crippen molar-refractivity contribution in [2.45, 2.75) is 35.7 Å². The van der Waals surface area contributed by atoms with Crippen LogP contribution in [-0.2, 0) is 42.5 Å². The molecule has 6 N–H and O–H groups in total. The number of carbonyl (C=O) groups excluding carboxylic acids is 2. The van der Waals surface area contributed by atoms with Crippen molar-refractivity contribution in [3.05, 3.63) is 130 Å². The van der Waals surface area contributed by atoms with Gasteiger partial charge in [0.25, 0.3) is 0 Å². The van der Waals surface area contributed by atoms with Gasteiger partial charge in [-0.3, -0.25) is 9.59 Å². The third-order valence-electron chi connectivity index (χ3n) is 8.11. The van der Waals surface area contributed by atoms with Crippen molar-refractivity contribution >= 4 is 78.0 Å². The number of benzene rings is 4. The highest BCUT2D eigenvalue weighted by molar-refractivity contribution is 7.89. The Morgan fingerprint density at radius 3 is 1.55 bits per heavy atom. The number of nitrogens with zero attached hydrogens (tertiary/aromatic N) is 4. The number of amides is 2. The van der Waals surface area contributed by atoms with Gasteiger partial charge in [-0.25, -0.2) is 40.9 Å². The summed E-state index contributed by atoms with van der Waals surface area (Å²) in [5, 5.41) is 23.2. The molecule has 0 saturated carbocycles. The van der Waals surface area contributed by atoms with Crippen LogP contribution in [0.5, 0.6) is 0 Å². The molecular weight excluding hydrogens is 906 g/mol. The molecule has 14 nitrogen and oxygen atoms in total. The Hall–Kier alpha value is -5.42. The van der Waals surface area contributed by atoms with Crippen LogP contribution >= 0.6 is 34.8 Å². The standard InChI is InChI=1S/C18H14Cl2F2N4O3S.C18H14ClF3N4O3S/c19-14-3-1-2-10(17(14)20)6-16(27)25-12-4-5-13(15(7-12)30(23,28)29)11-8-24-26(9-11)18(21)22;19-15-4-1-12(20)5-10(15)6-17(27)25-13-2-3-14(16(7-13)30(23,28)29)11-8-24-26(9-11)18(21)22/h2*1-5,7-9,18H,6H2,(H,25,27)(H2,23,28,29). The van der Waals surface area contributed by atoms with Gasteiger partial charge in [-0.15, -0.1) is 0 Å². The molecule has 0 atom stereocenters. The molecule has 0 bridgehead atoms. The molecule has 0 aliphatic heterocycles. The van der Waals surface area contributed by atoms with Crippen molar-refractivity contribution < 1.29 is 48.4 Å². The molecular formula is C36H28Cl3F5N8O6S2. The molecule has 316 valence electrons. The SMILES string of the molecule is NS(=O)(=O)c1cc(NC(=O)Cc2cc(F)ccc2Cl)ccc1-c1cnn(C(F)F)c1.NS(=O)(=O)c1cc(NC(=O)Cc2cccc(Cl)c2Cl)ccc1-c1cnn(C(F)F)c1. The Morgan fingerprint density at radius 1 is 0.650 bits per heavy atom. The molecule has 4 aromatic carbocycles. The number of alkyl halides is 4. The molecule has 2 heterocycles. The average Bonchev–Trinajstić information content (AvgIpc) is 3.86. The van der Waals surface area contributed by atoms with Crippen LogP contribution in [0.1, 0.15) is 24.2 Å². The zero-order chi connectivity index (χ0) is 44.1. The van der Waals surface area contributed by atoms with E-state index in [1.54, 1.807) is 18.2 Å². The van der Waals surface area contributed by atoms with E-state index < -0.39 is 55.7 Å². The van der Waals surface area contributed by atoms with Crippen molar-refractivity contribution in [2.24, 2.45) is 10.3 Å². The van der Waals surface area contributed by atoms with Crippen LogP contribution in [0.25, 0.3) is 22.3 Å². The number of hydrogen-bond donors (Lipinski definition) is 4. The second-order valence-electron chi connectivity index (χ2n) is 12.4. The third kappa shape index (κ3) is 11.6. The number of carbonyl (C=O) groups is 2. The fourth-order valence-electron chi connectivity index (χ4n) is 5.44. The molecule has 0 aliphatic carbocycles. The lowest BCUT2D eigenvalue weighted by molar-refractivity contribution is -0.116. The molecule has 2 aromatic heterocycles. The summed E-state index contributed by atoms with van der Waals surface area (Å²) in [5.74, 6) is -1.62. The highest BCUT2D eigenvalue weighted by atomic mass is 35.5. The summed E-state index contributed by atoms with van der Waals surface area (Å²) in [6.07, 6.45) is 3.76. The molecule has 0 spiro atoms. The van der Waals surface area contributed by atoms with Crippen molar-refractivity contribution in [2.75, 3.05) is 10.6 Å². The van der Waals surface area contributed by atoms with Gasteiger partial charge in [0.2, 0.25) is 31.9 Å². The lowest BCUT2D eigenvalue weighted by Crippen LogP contribution is -2.17. The summed E-state index contributed by atoms with van der Waals surface area (Å²) < 4.78 is 113. The van der Waals surface area contributed by atoms with E-state index >= 15 is 0 Å². The van der Waals surface area contributed by atoms with Crippen LogP contribution < -0.4 is 20.9 Å². The number of halogens is 8. The number of hydrogen-bond acceptors (Lipinski definition) is 8. The number of sulfonamides is 2. The van der Waals surface area contributed by atoms with Gasteiger partial charge in [0.05, 0.1) is 45.1 Å². The van der Waals surface area contributed by atoms with Gasteiger partial charge in [0.1, 0.15) is 5.82 Å². The monoisotopic (exact) mass is 932 g/mol. The number of aromatic nitrogens is 4. The molecule has 0 fully saturated rings. The topological polar surface area (TPSA) is 214 Å². The van der Waals surface area contributed by atoms with E-state index in [-0.39, 0.29) is 67.0 Å². The van der Waals surface area contributed by atoms with Gasteiger partial charge in [-0.2, -0.15) is 27.8 Å². The summed E-state index contributed by atoms with van der Waals surface area (Å²) in [6.45, 7) is -5.78. The van der Waals surface area contributed by atoms with Crippen molar-refractivity contribution in [3.8, 4) is 22.3 Å². The van der Waals surface area contributed by atoms with E-state index in [4.69, 9.17) is 45.1 Å². The first-order valence-corrected chi connectivity index (χ1v) is 20.8. The number of anilines is 2. The van der Waals surface area contributed by atoms with Crippen LogP contribution in [0.15, 0.2) is 107 Å². The first kappa shape index (κ1) is 45.7. The maximum atomic E-state index is 13.3. The second-order valence-corrected chi connectivity index (χ2v) is 16.6. The normalized spacial score (nSPS) is 11.7. The summed E-state index contributed by atoms with van der Waals surface area (Å²) in [7, 11) is -8.51. The number of primary sulfonamides is 2. The fourth-order valence-corrected chi connectivity index (χ4v) is 7.57. The number of nitrogens with one attached hydrogen (secondary N) is 2. The molecule has 60 heavy (non-hydrogen) atoms. The first-order chi connectivity index (χ1) is 28.1. The Balaban J connectivity index is 0.000000228. The smallest absolute Gasteiger partial charge is 0.326 e. The van der Waals surface area contributed by atoms with E-state index in [0.29, 0.717) is 19.9 Å². The van der Waals surface area contributed by atoms with E-state index in [1.807, 2.05) is 0 Å². The van der Waals surface area contributed by atoms with Gasteiger partial charge in [0, 0.05) is 51.0 Å². The maximum absolute atomic E-state index is 13.3. The molecule has 0 unspecified atom stereocenters. The van der Waals surface area contributed by atoms with Crippen molar-refractivity contribution in [1.82, 2.24) is 19.6 Å². The predicted octanol–water partition coefficient (Wildman–Crippen LogP) is 7.65. The van der Waals surface area contributed by atoms with Gasteiger partial charge < -0.3 is 10.6 Å². The zero-order valence-corrected chi connectivity index (χ0v) is 33.9. The molecule has 0 radical (unpaired) electrons. The zero-order valence-electron chi connectivity index (χ0n) is 30.0. The highest BCUT2D eigenvalue weighted by Crippen LogP contribution is 2.32. The van der Waals surface area contributed by atoms with Crippen molar-refractivity contribution in [1.29, 1.82) is 0 Å². The molecule has 6 rings (SSSR count). The van der Waals surface area contributed by atoms with Gasteiger partial charge in [-0.1, -0.05) is 59.1 Å². The minimum absolute atomic E-state index is 0.0376. The predicted molar refractivity (Wildman–Crippen MR) is 213 cm³/mol. The second kappa shape index (κ2) is 18.9. The van der Waals surface area contributed by atoms with Crippen LogP contribution in [0.2, 0.25) is 15.1 Å². The van der Waals surface area contributed by atoms with Gasteiger partial charge in [-0.05, 0) is 59.7 Å². The largest absolute Gasteiger partial charge is 0.333 e. The highest BCUT2D eigenvalue weighted by Gasteiger charge is 2.22. The summed E-state index contributed by atoms with van der Waals surface area (Å²) in [6, 6.07) is 16.1. The average molecular weight is 934 g/mol. The number of rotatable bonds is 12. The summed E-state index contributed by atoms with van der Waals surface area (Å²) in [5.41, 5.74) is 1.30. The Bertz CT molecular complexity index is 2670. The maximum Gasteiger partial charge on any atom is 0.333 e. The van der Waals surface area contributed by atoms with E-state index in [0.717, 1.165) is 49.1 Å². The van der Waals surface area contributed by atoms with Crippen LogP contribution in [0, 0.1) is 5.82 Å². The Morgan fingerprint density at radius 2 is 1.12 bits per heavy atom. The lowest BCUT2D eigenvalue weighted by Gasteiger charge is -2.11. The molecule has 24 heteroatoms. The summed E-state index contributed by atoms with van der Waals surface area (Å²) in [4.78, 5) is 23.9. The van der Waals surface area contributed by atoms with E-state index in [1.165, 1.54) is 30.3 Å². The molecule has 0 saturated heterocycles. The molecule has 0 aliphatic rings. The van der Waals surface area contributed by atoms with Crippen LogP contribution in [0.4, 0.5) is 33.3 Å². The Labute approximate surface area is 352 Å². The Kier molecular flexibility index (Phi) is 14.4. The van der Waals surface area contributed by atoms with E-state index in [2.05, 4.69) is 20.8 Å². The van der Waals surface area contributed by atoms with E-state index in [9.17, 15) is 48.4 Å². The number of nitrogens with two attached hydrogens (primary N) is 2. The summed E-state index contributed by atoms with van der Waals surface area (Å²) >= 11 is 17.9. The lowest BCUT2D eigenvalue weighted by atomic mass is 10.1. The minimum Gasteiger partial charge on any atom is -0.326 e. The fraction of sp³-hybridized carbons (Fsp3) is 0.111.